The molecule has 2 aliphatic carbocycles. The molecule has 1 amide bonds. The van der Waals surface area contributed by atoms with Crippen LogP contribution in [-0.2, 0) is 4.79 Å². The minimum Gasteiger partial charge on any atom is -0.369 e. The summed E-state index contributed by atoms with van der Waals surface area (Å²) in [6.07, 6.45) is 6.88. The van der Waals surface area contributed by atoms with Gasteiger partial charge in [0.05, 0.1) is 5.92 Å². The van der Waals surface area contributed by atoms with E-state index in [-0.39, 0.29) is 49.0 Å². The van der Waals surface area contributed by atoms with Crippen molar-refractivity contribution >= 4 is 54.5 Å². The van der Waals surface area contributed by atoms with Crippen molar-refractivity contribution in [3.8, 4) is 0 Å². The predicted octanol–water partition coefficient (Wildman–Crippen LogP) is 4.33. The monoisotopic (exact) mass is 478 g/mol. The number of nitrogens with zero attached hydrogens (tertiary/aromatic N) is 2. The Morgan fingerprint density at radius 3 is 2.43 bits per heavy atom. The van der Waals surface area contributed by atoms with Crippen LogP contribution in [0.5, 0.6) is 0 Å². The molecule has 0 radical (unpaired) electrons. The van der Waals surface area contributed by atoms with E-state index in [4.69, 9.17) is 5.73 Å². The molecule has 0 spiro atoms. The number of hydrogen-bond donors (Lipinski definition) is 2. The zero-order chi connectivity index (χ0) is 18.9. The first-order valence-corrected chi connectivity index (χ1v) is 10.7. The molecule has 2 atom stereocenters. The van der Waals surface area contributed by atoms with Gasteiger partial charge in [-0.1, -0.05) is 18.9 Å². The first kappa shape index (κ1) is 27.3. The van der Waals surface area contributed by atoms with Crippen molar-refractivity contribution < 1.29 is 4.79 Å². The zero-order valence-electron chi connectivity index (χ0n) is 17.8. The summed E-state index contributed by atoms with van der Waals surface area (Å²) >= 11 is 0. The number of nitrogens with one attached hydrogen (secondary N) is 1. The molecule has 3 aliphatic rings. The number of benzene rings is 1. The fourth-order valence-electron chi connectivity index (χ4n) is 4.65. The Morgan fingerprint density at radius 1 is 1.10 bits per heavy atom. The smallest absolute Gasteiger partial charge is 0.229 e. The third-order valence-corrected chi connectivity index (χ3v) is 6.64. The molecule has 1 aromatic rings. The Kier molecular flexibility index (Phi) is 10.7. The normalized spacial score (nSPS) is 26.6. The number of halogens is 3. The van der Waals surface area contributed by atoms with Crippen LogP contribution in [0.3, 0.4) is 0 Å². The van der Waals surface area contributed by atoms with Gasteiger partial charge in [0.1, 0.15) is 0 Å². The highest BCUT2D eigenvalue weighted by atomic mass is 35.5. The highest BCUT2D eigenvalue weighted by Crippen LogP contribution is 2.33. The molecule has 2 saturated carbocycles. The van der Waals surface area contributed by atoms with E-state index in [1.165, 1.54) is 25.1 Å². The van der Waals surface area contributed by atoms with E-state index < -0.39 is 5.54 Å². The first-order chi connectivity index (χ1) is 13.0. The second kappa shape index (κ2) is 11.8. The molecule has 1 heterocycles. The number of nitrogens with two attached hydrogens (primary N) is 1. The topological polar surface area (TPSA) is 61.6 Å². The minimum absolute atomic E-state index is 0. The van der Waals surface area contributed by atoms with Crippen LogP contribution in [0.25, 0.3) is 0 Å². The molecular formula is C22H37Cl3N4O. The molecule has 3 fully saturated rings. The number of carbonyl (C=O) groups excluding carboxylic acids is 1. The summed E-state index contributed by atoms with van der Waals surface area (Å²) in [5.74, 6) is 0.940. The average Bonchev–Trinajstić information content (AvgIpc) is 3.46. The molecule has 4 rings (SSSR count). The quantitative estimate of drug-likeness (QED) is 0.660. The number of hydrogen-bond acceptors (Lipinski definition) is 4. The summed E-state index contributed by atoms with van der Waals surface area (Å²) in [6.45, 7) is 7.71. The number of rotatable bonds is 5. The van der Waals surface area contributed by atoms with E-state index in [0.29, 0.717) is 0 Å². The molecule has 0 bridgehead atoms. The van der Waals surface area contributed by atoms with Crippen LogP contribution in [0.1, 0.15) is 45.4 Å². The number of anilines is 2. The van der Waals surface area contributed by atoms with Gasteiger partial charge in [-0.2, -0.15) is 0 Å². The lowest BCUT2D eigenvalue weighted by atomic mass is 9.74. The lowest BCUT2D eigenvalue weighted by Gasteiger charge is -2.37. The lowest BCUT2D eigenvalue weighted by Crippen LogP contribution is -2.51. The molecule has 172 valence electrons. The Bertz CT molecular complexity index is 676. The molecule has 1 aromatic carbocycles. The van der Waals surface area contributed by atoms with Gasteiger partial charge in [0.25, 0.3) is 0 Å². The first-order valence-electron chi connectivity index (χ1n) is 10.7. The molecule has 0 aromatic heterocycles. The van der Waals surface area contributed by atoms with E-state index in [9.17, 15) is 4.79 Å². The summed E-state index contributed by atoms with van der Waals surface area (Å²) in [7, 11) is 0. The molecule has 3 N–H and O–H groups in total. The second-order valence-corrected chi connectivity index (χ2v) is 9.07. The van der Waals surface area contributed by atoms with Gasteiger partial charge < -0.3 is 16.0 Å². The van der Waals surface area contributed by atoms with E-state index in [2.05, 4.69) is 27.2 Å². The van der Waals surface area contributed by atoms with E-state index in [1.807, 2.05) is 19.1 Å². The van der Waals surface area contributed by atoms with Crippen LogP contribution < -0.4 is 16.0 Å². The van der Waals surface area contributed by atoms with E-state index in [0.717, 1.165) is 63.5 Å². The Labute approximate surface area is 199 Å². The standard InChI is InChI=1S/C22H34N4O.3ClH/c1-22(23)10-3-2-7-20(22)21(27)24-18-5-4-6-19(15-18)26-13-11-25(12-14-26)16-17-8-9-17;;;/h4-6,15,17,20H,2-3,7-14,16,23H2,1H3,(H,24,27);3*1H. The predicted molar refractivity (Wildman–Crippen MR) is 133 cm³/mol. The molecule has 2 unspecified atom stereocenters. The Hall–Kier alpha value is -0.720. The van der Waals surface area contributed by atoms with Crippen LogP contribution in [0.15, 0.2) is 24.3 Å². The summed E-state index contributed by atoms with van der Waals surface area (Å²) in [4.78, 5) is 17.9. The number of piperazine rings is 1. The van der Waals surface area contributed by atoms with Crippen molar-refractivity contribution in [2.75, 3.05) is 42.9 Å². The highest BCUT2D eigenvalue weighted by molar-refractivity contribution is 5.94. The Balaban J connectivity index is 0.00000150. The maximum Gasteiger partial charge on any atom is 0.229 e. The lowest BCUT2D eigenvalue weighted by molar-refractivity contribution is -0.122. The molecule has 1 saturated heterocycles. The van der Waals surface area contributed by atoms with Crippen LogP contribution in [-0.4, -0.2) is 49.1 Å². The van der Waals surface area contributed by atoms with Gasteiger partial charge in [0, 0.05) is 49.6 Å². The number of amides is 1. The molecule has 30 heavy (non-hydrogen) atoms. The molecule has 5 nitrogen and oxygen atoms in total. The molecular weight excluding hydrogens is 443 g/mol. The summed E-state index contributed by atoms with van der Waals surface area (Å²) in [5.41, 5.74) is 8.11. The van der Waals surface area contributed by atoms with Gasteiger partial charge in [-0.25, -0.2) is 0 Å². The third-order valence-electron chi connectivity index (χ3n) is 6.64. The van der Waals surface area contributed by atoms with E-state index >= 15 is 0 Å². The van der Waals surface area contributed by atoms with Gasteiger partial charge in [-0.3, -0.25) is 9.69 Å². The number of carbonyl (C=O) groups is 1. The van der Waals surface area contributed by atoms with E-state index in [1.54, 1.807) is 0 Å². The maximum absolute atomic E-state index is 12.8. The SMILES string of the molecule is CC1(N)CCCCC1C(=O)Nc1cccc(N2CCN(CC3CC3)CC2)c1.Cl.Cl.Cl. The average molecular weight is 480 g/mol. The van der Waals surface area contributed by atoms with Crippen molar-refractivity contribution in [2.45, 2.75) is 51.0 Å². The van der Waals surface area contributed by atoms with Crippen molar-refractivity contribution in [1.29, 1.82) is 0 Å². The highest BCUT2D eigenvalue weighted by Gasteiger charge is 2.37. The van der Waals surface area contributed by atoms with Gasteiger partial charge in [0.2, 0.25) is 5.91 Å². The largest absolute Gasteiger partial charge is 0.369 e. The fourth-order valence-corrected chi connectivity index (χ4v) is 4.65. The van der Waals surface area contributed by atoms with Crippen molar-refractivity contribution in [2.24, 2.45) is 17.6 Å². The summed E-state index contributed by atoms with van der Waals surface area (Å²) < 4.78 is 0. The Morgan fingerprint density at radius 2 is 1.80 bits per heavy atom. The van der Waals surface area contributed by atoms with Crippen molar-refractivity contribution in [1.82, 2.24) is 4.90 Å². The van der Waals surface area contributed by atoms with Crippen LogP contribution in [0.4, 0.5) is 11.4 Å². The zero-order valence-corrected chi connectivity index (χ0v) is 20.3. The summed E-state index contributed by atoms with van der Waals surface area (Å²) in [5, 5.41) is 3.13. The van der Waals surface area contributed by atoms with Gasteiger partial charge in [-0.15, -0.1) is 37.2 Å². The molecule has 8 heteroatoms. The van der Waals surface area contributed by atoms with Crippen LogP contribution in [0, 0.1) is 11.8 Å². The van der Waals surface area contributed by atoms with Crippen LogP contribution >= 0.6 is 37.2 Å². The van der Waals surface area contributed by atoms with Crippen molar-refractivity contribution in [3.63, 3.8) is 0 Å². The van der Waals surface area contributed by atoms with Gasteiger partial charge >= 0.3 is 0 Å². The van der Waals surface area contributed by atoms with Gasteiger partial charge in [0.15, 0.2) is 0 Å². The van der Waals surface area contributed by atoms with Crippen molar-refractivity contribution in [3.05, 3.63) is 24.3 Å². The fraction of sp³-hybridized carbons (Fsp3) is 0.682. The maximum atomic E-state index is 12.8. The minimum atomic E-state index is -0.391. The molecule has 1 aliphatic heterocycles. The summed E-state index contributed by atoms with van der Waals surface area (Å²) in [6, 6.07) is 8.30. The van der Waals surface area contributed by atoms with Crippen LogP contribution in [0.2, 0.25) is 0 Å². The third kappa shape index (κ3) is 6.89. The second-order valence-electron chi connectivity index (χ2n) is 9.07. The van der Waals surface area contributed by atoms with Gasteiger partial charge in [-0.05, 0) is 56.7 Å².